The van der Waals surface area contributed by atoms with Gasteiger partial charge in [-0.3, -0.25) is 0 Å². The second-order valence-corrected chi connectivity index (χ2v) is 2.16. The van der Waals surface area contributed by atoms with Crippen LogP contribution in [0, 0.1) is 14.9 Å². The Balaban J connectivity index is -0.000000480. The van der Waals surface area contributed by atoms with E-state index < -0.39 is 11.9 Å². The standard InChI is InChI=1S/C8H6O4.2CH3.Zn/c9-7(10)5-3-1-2-4-6(5)8(11)12;;;/h1-4H,(H,9,10)(H,11,12);2*1H3;/q;2*-1;+2. The molecule has 0 amide bonds. The number of aromatic carboxylic acids is 2. The number of carboxylic acid groups (broad SMARTS) is 2. The molecule has 0 aliphatic rings. The van der Waals surface area contributed by atoms with Crippen LogP contribution in [0.25, 0.3) is 0 Å². The second-order valence-electron chi connectivity index (χ2n) is 2.16. The molecule has 0 aromatic heterocycles. The van der Waals surface area contributed by atoms with Crippen LogP contribution in [0.2, 0.25) is 0 Å². The first kappa shape index (κ1) is 19.4. The quantitative estimate of drug-likeness (QED) is 0.631. The Bertz CT molecular complexity index is 303. The number of hydrogen-bond donors (Lipinski definition) is 2. The van der Waals surface area contributed by atoms with Crippen LogP contribution in [-0.4, -0.2) is 22.2 Å². The summed E-state index contributed by atoms with van der Waals surface area (Å²) in [5.41, 5.74) is -0.380. The van der Waals surface area contributed by atoms with E-state index in [0.29, 0.717) is 0 Å². The molecule has 0 spiro atoms. The largest absolute Gasteiger partial charge is 2.00 e. The normalized spacial score (nSPS) is 7.47. The number of carbonyl (C=O) groups is 2. The predicted octanol–water partition coefficient (Wildman–Crippen LogP) is 1.98. The molecule has 0 fully saturated rings. The van der Waals surface area contributed by atoms with Crippen LogP contribution in [0.15, 0.2) is 24.3 Å². The SMILES string of the molecule is O=C(O)c1ccccc1C(=O)O.[CH3-].[CH3-].[Zn+2]. The van der Waals surface area contributed by atoms with Gasteiger partial charge < -0.3 is 25.1 Å². The molecular weight excluding hydrogens is 249 g/mol. The van der Waals surface area contributed by atoms with Crippen molar-refractivity contribution in [3.8, 4) is 0 Å². The minimum Gasteiger partial charge on any atom is -0.478 e. The predicted molar refractivity (Wildman–Crippen MR) is 53.2 cm³/mol. The van der Waals surface area contributed by atoms with Crippen molar-refractivity contribution >= 4 is 11.9 Å². The fourth-order valence-corrected chi connectivity index (χ4v) is 0.856. The Morgan fingerprint density at radius 3 is 1.33 bits per heavy atom. The van der Waals surface area contributed by atoms with E-state index in [4.69, 9.17) is 10.2 Å². The van der Waals surface area contributed by atoms with Crippen molar-refractivity contribution in [1.29, 1.82) is 0 Å². The molecule has 0 bridgehead atoms. The van der Waals surface area contributed by atoms with Gasteiger partial charge in [0.1, 0.15) is 0 Å². The fraction of sp³-hybridized carbons (Fsp3) is 0. The molecule has 0 saturated carbocycles. The maximum Gasteiger partial charge on any atom is 2.00 e. The molecule has 5 heteroatoms. The molecule has 1 rings (SSSR count). The summed E-state index contributed by atoms with van der Waals surface area (Å²) in [5.74, 6) is -2.46. The fourth-order valence-electron chi connectivity index (χ4n) is 0.856. The van der Waals surface area contributed by atoms with Crippen molar-refractivity contribution in [2.24, 2.45) is 0 Å². The van der Waals surface area contributed by atoms with Gasteiger partial charge in [0, 0.05) is 0 Å². The Kier molecular flexibility index (Phi) is 10.5. The molecule has 78 valence electrons. The van der Waals surface area contributed by atoms with Gasteiger partial charge in [-0.25, -0.2) is 9.59 Å². The van der Waals surface area contributed by atoms with Gasteiger partial charge in [0.2, 0.25) is 0 Å². The molecule has 0 heterocycles. The van der Waals surface area contributed by atoms with E-state index in [9.17, 15) is 9.59 Å². The number of carboxylic acids is 2. The van der Waals surface area contributed by atoms with E-state index in [1.807, 2.05) is 0 Å². The molecule has 0 radical (unpaired) electrons. The van der Waals surface area contributed by atoms with Crippen molar-refractivity contribution in [3.63, 3.8) is 0 Å². The minimum absolute atomic E-state index is 0. The monoisotopic (exact) mass is 260 g/mol. The molecule has 0 aliphatic heterocycles. The summed E-state index contributed by atoms with van der Waals surface area (Å²) < 4.78 is 0. The summed E-state index contributed by atoms with van der Waals surface area (Å²) in [6.07, 6.45) is 0. The number of rotatable bonds is 2. The first-order chi connectivity index (χ1) is 5.63. The molecule has 0 atom stereocenters. The first-order valence-electron chi connectivity index (χ1n) is 3.18. The van der Waals surface area contributed by atoms with Crippen LogP contribution in [0.5, 0.6) is 0 Å². The van der Waals surface area contributed by atoms with Gasteiger partial charge in [0.25, 0.3) is 0 Å². The van der Waals surface area contributed by atoms with Gasteiger partial charge in [-0.05, 0) is 12.1 Å². The molecule has 15 heavy (non-hydrogen) atoms. The average Bonchev–Trinajstić information content (AvgIpc) is 2.04. The first-order valence-corrected chi connectivity index (χ1v) is 3.18. The molecule has 4 nitrogen and oxygen atoms in total. The molecule has 1 aromatic rings. The van der Waals surface area contributed by atoms with Gasteiger partial charge in [0.05, 0.1) is 11.1 Å². The van der Waals surface area contributed by atoms with Crippen LogP contribution in [-0.2, 0) is 19.5 Å². The number of hydrogen-bond acceptors (Lipinski definition) is 2. The van der Waals surface area contributed by atoms with Gasteiger partial charge in [-0.15, -0.1) is 0 Å². The topological polar surface area (TPSA) is 74.6 Å². The molecule has 1 aromatic carbocycles. The van der Waals surface area contributed by atoms with E-state index in [1.54, 1.807) is 0 Å². The van der Waals surface area contributed by atoms with E-state index in [0.717, 1.165) is 0 Å². The molecule has 0 aliphatic carbocycles. The van der Waals surface area contributed by atoms with E-state index in [-0.39, 0.29) is 45.5 Å². The maximum atomic E-state index is 10.5. The van der Waals surface area contributed by atoms with Gasteiger partial charge in [-0.1, -0.05) is 12.1 Å². The number of benzene rings is 1. The van der Waals surface area contributed by atoms with Crippen LogP contribution in [0.1, 0.15) is 20.7 Å². The zero-order chi connectivity index (χ0) is 9.14. The van der Waals surface area contributed by atoms with E-state index >= 15 is 0 Å². The van der Waals surface area contributed by atoms with Crippen molar-refractivity contribution in [2.75, 3.05) is 0 Å². The third-order valence-electron chi connectivity index (χ3n) is 1.39. The second kappa shape index (κ2) is 8.12. The molecule has 0 unspecified atom stereocenters. The van der Waals surface area contributed by atoms with Crippen molar-refractivity contribution in [1.82, 2.24) is 0 Å². The van der Waals surface area contributed by atoms with Crippen LogP contribution in [0.3, 0.4) is 0 Å². The summed E-state index contributed by atoms with van der Waals surface area (Å²) in [7, 11) is 0. The summed E-state index contributed by atoms with van der Waals surface area (Å²) in [4.78, 5) is 20.9. The Hall–Kier alpha value is -1.22. The van der Waals surface area contributed by atoms with Gasteiger partial charge in [-0.2, -0.15) is 0 Å². The third-order valence-corrected chi connectivity index (χ3v) is 1.39. The zero-order valence-corrected chi connectivity index (χ0v) is 11.7. The van der Waals surface area contributed by atoms with Crippen molar-refractivity contribution in [3.05, 3.63) is 50.2 Å². The Labute approximate surface area is 102 Å². The minimum atomic E-state index is -1.23. The molecular formula is C10H12O4Zn. The zero-order valence-electron chi connectivity index (χ0n) is 8.73. The summed E-state index contributed by atoms with van der Waals surface area (Å²) in [6, 6.07) is 5.48. The summed E-state index contributed by atoms with van der Waals surface area (Å²) in [6.45, 7) is 0. The molecule has 0 saturated heterocycles. The Morgan fingerprint density at radius 1 is 0.867 bits per heavy atom. The van der Waals surface area contributed by atoms with Gasteiger partial charge in [0.15, 0.2) is 0 Å². The van der Waals surface area contributed by atoms with Crippen LogP contribution in [0.4, 0.5) is 0 Å². The summed E-state index contributed by atoms with van der Waals surface area (Å²) in [5, 5.41) is 17.1. The summed E-state index contributed by atoms with van der Waals surface area (Å²) >= 11 is 0. The third kappa shape index (κ3) is 4.70. The smallest absolute Gasteiger partial charge is 0.478 e. The van der Waals surface area contributed by atoms with E-state index in [1.165, 1.54) is 24.3 Å². The van der Waals surface area contributed by atoms with Crippen LogP contribution < -0.4 is 0 Å². The van der Waals surface area contributed by atoms with Gasteiger partial charge >= 0.3 is 31.4 Å². The van der Waals surface area contributed by atoms with Crippen LogP contribution >= 0.6 is 0 Å². The maximum absolute atomic E-state index is 10.5. The van der Waals surface area contributed by atoms with E-state index in [2.05, 4.69) is 0 Å². The Morgan fingerprint density at radius 2 is 1.13 bits per heavy atom. The average molecular weight is 262 g/mol. The van der Waals surface area contributed by atoms with Crippen molar-refractivity contribution < 1.29 is 39.3 Å². The molecule has 2 N–H and O–H groups in total. The van der Waals surface area contributed by atoms with Crippen molar-refractivity contribution in [2.45, 2.75) is 0 Å².